The largest absolute Gasteiger partial charge is 0.490 e. The Morgan fingerprint density at radius 3 is 2.32 bits per heavy atom. The van der Waals surface area contributed by atoms with Crippen LogP contribution >= 0.6 is 0 Å². The van der Waals surface area contributed by atoms with Crippen LogP contribution in [0.15, 0.2) is 36.7 Å². The van der Waals surface area contributed by atoms with Crippen molar-refractivity contribution in [2.75, 3.05) is 6.61 Å². The standard InChI is InChI=1S/C18H21N3O/c1-2-3-4-5-6-11-22-17-13-20-18(21-14-17)16-9-7-15(12-19)8-10-16/h7-10,13-14H,2-6,11H2,1H3. The van der Waals surface area contributed by atoms with Crippen molar-refractivity contribution in [3.8, 4) is 23.2 Å². The van der Waals surface area contributed by atoms with Gasteiger partial charge < -0.3 is 4.74 Å². The zero-order valence-corrected chi connectivity index (χ0v) is 13.0. The third-order valence-corrected chi connectivity index (χ3v) is 3.42. The highest BCUT2D eigenvalue weighted by molar-refractivity contribution is 5.56. The van der Waals surface area contributed by atoms with Crippen LogP contribution in [-0.2, 0) is 0 Å². The molecule has 0 saturated carbocycles. The van der Waals surface area contributed by atoms with E-state index >= 15 is 0 Å². The van der Waals surface area contributed by atoms with Gasteiger partial charge in [-0.2, -0.15) is 5.26 Å². The number of nitriles is 1. The third kappa shape index (κ3) is 4.85. The second-order valence-corrected chi connectivity index (χ2v) is 5.19. The molecule has 0 saturated heterocycles. The van der Waals surface area contributed by atoms with Gasteiger partial charge in [-0.15, -0.1) is 0 Å². The average Bonchev–Trinajstić information content (AvgIpc) is 2.59. The Morgan fingerprint density at radius 1 is 1.00 bits per heavy atom. The van der Waals surface area contributed by atoms with Gasteiger partial charge in [0.1, 0.15) is 0 Å². The molecule has 0 radical (unpaired) electrons. The highest BCUT2D eigenvalue weighted by Gasteiger charge is 2.02. The zero-order valence-electron chi connectivity index (χ0n) is 13.0. The molecule has 0 fully saturated rings. The number of nitrogens with zero attached hydrogens (tertiary/aromatic N) is 3. The van der Waals surface area contributed by atoms with Crippen molar-refractivity contribution >= 4 is 0 Å². The molecule has 4 heteroatoms. The minimum Gasteiger partial charge on any atom is -0.490 e. The van der Waals surface area contributed by atoms with Crippen LogP contribution in [-0.4, -0.2) is 16.6 Å². The molecule has 2 aromatic rings. The van der Waals surface area contributed by atoms with Gasteiger partial charge in [-0.05, 0) is 30.7 Å². The van der Waals surface area contributed by atoms with E-state index in [1.807, 2.05) is 12.1 Å². The number of aromatic nitrogens is 2. The summed E-state index contributed by atoms with van der Waals surface area (Å²) in [5.41, 5.74) is 1.52. The summed E-state index contributed by atoms with van der Waals surface area (Å²) in [4.78, 5) is 8.63. The lowest BCUT2D eigenvalue weighted by atomic mass is 10.1. The number of hydrogen-bond acceptors (Lipinski definition) is 4. The van der Waals surface area contributed by atoms with E-state index in [1.165, 1.54) is 25.7 Å². The van der Waals surface area contributed by atoms with Crippen LogP contribution in [0.5, 0.6) is 5.75 Å². The molecule has 1 heterocycles. The minimum absolute atomic E-state index is 0.631. The number of rotatable bonds is 8. The van der Waals surface area contributed by atoms with E-state index in [1.54, 1.807) is 24.5 Å². The van der Waals surface area contributed by atoms with Gasteiger partial charge in [0.05, 0.1) is 30.6 Å². The molecule has 4 nitrogen and oxygen atoms in total. The predicted molar refractivity (Wildman–Crippen MR) is 86.4 cm³/mol. The van der Waals surface area contributed by atoms with Gasteiger partial charge in [0.2, 0.25) is 0 Å². The zero-order chi connectivity index (χ0) is 15.6. The second-order valence-electron chi connectivity index (χ2n) is 5.19. The van der Waals surface area contributed by atoms with Crippen LogP contribution in [0, 0.1) is 11.3 Å². The van der Waals surface area contributed by atoms with E-state index in [-0.39, 0.29) is 0 Å². The summed E-state index contributed by atoms with van der Waals surface area (Å²) >= 11 is 0. The molecule has 0 atom stereocenters. The van der Waals surface area contributed by atoms with E-state index in [9.17, 15) is 0 Å². The van der Waals surface area contributed by atoms with Crippen LogP contribution in [0.3, 0.4) is 0 Å². The molecule has 0 aliphatic carbocycles. The van der Waals surface area contributed by atoms with Gasteiger partial charge in [0.25, 0.3) is 0 Å². The average molecular weight is 295 g/mol. The first kappa shape index (κ1) is 16.0. The lowest BCUT2D eigenvalue weighted by Gasteiger charge is -2.06. The SMILES string of the molecule is CCCCCCCOc1cnc(-c2ccc(C#N)cc2)nc1. The van der Waals surface area contributed by atoms with Gasteiger partial charge in [0, 0.05) is 5.56 Å². The van der Waals surface area contributed by atoms with Crippen molar-refractivity contribution in [3.05, 3.63) is 42.2 Å². The van der Waals surface area contributed by atoms with E-state index < -0.39 is 0 Å². The molecule has 1 aromatic heterocycles. The number of unbranched alkanes of at least 4 members (excludes halogenated alkanes) is 4. The Kier molecular flexibility index (Phi) is 6.38. The van der Waals surface area contributed by atoms with Crippen molar-refractivity contribution in [3.63, 3.8) is 0 Å². The molecule has 0 bridgehead atoms. The second kappa shape index (κ2) is 8.78. The molecule has 2 rings (SSSR count). The molecule has 114 valence electrons. The Morgan fingerprint density at radius 2 is 1.68 bits per heavy atom. The minimum atomic E-state index is 0.631. The first-order valence-electron chi connectivity index (χ1n) is 7.79. The first-order chi connectivity index (χ1) is 10.8. The molecule has 22 heavy (non-hydrogen) atoms. The fourth-order valence-electron chi connectivity index (χ4n) is 2.13. The summed E-state index contributed by atoms with van der Waals surface area (Å²) in [6.07, 6.45) is 9.50. The molecule has 0 spiro atoms. The number of hydrogen-bond donors (Lipinski definition) is 0. The van der Waals surface area contributed by atoms with E-state index in [0.717, 1.165) is 12.0 Å². The van der Waals surface area contributed by atoms with Crippen LogP contribution < -0.4 is 4.74 Å². The Hall–Kier alpha value is -2.41. The summed E-state index contributed by atoms with van der Waals surface area (Å²) in [6, 6.07) is 9.32. The smallest absolute Gasteiger partial charge is 0.159 e. The third-order valence-electron chi connectivity index (χ3n) is 3.42. The number of benzene rings is 1. The lowest BCUT2D eigenvalue weighted by Crippen LogP contribution is -1.99. The van der Waals surface area contributed by atoms with Gasteiger partial charge in [-0.1, -0.05) is 32.6 Å². The molecule has 1 aromatic carbocycles. The quantitative estimate of drug-likeness (QED) is 0.679. The fraction of sp³-hybridized carbons (Fsp3) is 0.389. The molecular formula is C18H21N3O. The molecular weight excluding hydrogens is 274 g/mol. The van der Waals surface area contributed by atoms with Gasteiger partial charge in [0.15, 0.2) is 11.6 Å². The molecule has 0 unspecified atom stereocenters. The summed E-state index contributed by atoms with van der Waals surface area (Å²) < 4.78 is 5.65. The lowest BCUT2D eigenvalue weighted by molar-refractivity contribution is 0.302. The van der Waals surface area contributed by atoms with E-state index in [0.29, 0.717) is 23.7 Å². The Balaban J connectivity index is 1.83. The van der Waals surface area contributed by atoms with Crippen LogP contribution in [0.4, 0.5) is 0 Å². The van der Waals surface area contributed by atoms with Crippen molar-refractivity contribution in [2.45, 2.75) is 39.0 Å². The monoisotopic (exact) mass is 295 g/mol. The van der Waals surface area contributed by atoms with Crippen molar-refractivity contribution < 1.29 is 4.74 Å². The number of ether oxygens (including phenoxy) is 1. The molecule has 0 amide bonds. The maximum atomic E-state index is 8.79. The van der Waals surface area contributed by atoms with Crippen LogP contribution in [0.2, 0.25) is 0 Å². The highest BCUT2D eigenvalue weighted by atomic mass is 16.5. The topological polar surface area (TPSA) is 58.8 Å². The van der Waals surface area contributed by atoms with E-state index in [4.69, 9.17) is 10.00 Å². The fourth-order valence-corrected chi connectivity index (χ4v) is 2.13. The highest BCUT2D eigenvalue weighted by Crippen LogP contribution is 2.17. The summed E-state index contributed by atoms with van der Waals surface area (Å²) in [5.74, 6) is 1.34. The van der Waals surface area contributed by atoms with Gasteiger partial charge >= 0.3 is 0 Å². The predicted octanol–water partition coefficient (Wildman–Crippen LogP) is 4.36. The summed E-state index contributed by atoms with van der Waals surface area (Å²) in [6.45, 7) is 2.92. The molecule has 0 N–H and O–H groups in total. The maximum Gasteiger partial charge on any atom is 0.159 e. The maximum absolute atomic E-state index is 8.79. The normalized spacial score (nSPS) is 10.2. The van der Waals surface area contributed by atoms with Crippen LogP contribution in [0.1, 0.15) is 44.6 Å². The van der Waals surface area contributed by atoms with Crippen molar-refractivity contribution in [1.29, 1.82) is 5.26 Å². The molecule has 0 aliphatic heterocycles. The molecule has 0 aliphatic rings. The van der Waals surface area contributed by atoms with Crippen molar-refractivity contribution in [2.24, 2.45) is 0 Å². The van der Waals surface area contributed by atoms with Gasteiger partial charge in [-0.25, -0.2) is 9.97 Å². The Bertz CT molecular complexity index is 600. The summed E-state index contributed by atoms with van der Waals surface area (Å²) in [5, 5.41) is 8.79. The first-order valence-corrected chi connectivity index (χ1v) is 7.79. The van der Waals surface area contributed by atoms with Crippen molar-refractivity contribution in [1.82, 2.24) is 9.97 Å². The van der Waals surface area contributed by atoms with E-state index in [2.05, 4.69) is 23.0 Å². The Labute approximate surface area is 131 Å². The van der Waals surface area contributed by atoms with Crippen LogP contribution in [0.25, 0.3) is 11.4 Å². The van der Waals surface area contributed by atoms with Gasteiger partial charge in [-0.3, -0.25) is 0 Å². The summed E-state index contributed by atoms with van der Waals surface area (Å²) in [7, 11) is 0.